The van der Waals surface area contributed by atoms with Crippen LogP contribution in [-0.2, 0) is 17.6 Å². The smallest absolute Gasteiger partial charge is 0.419 e. The molecular formula is C9H10F3NO2. The van der Waals surface area contributed by atoms with E-state index >= 15 is 0 Å². The van der Waals surface area contributed by atoms with Gasteiger partial charge in [0.25, 0.3) is 0 Å². The number of methoxy groups -OCH3 is 1. The monoisotopic (exact) mass is 221 g/mol. The summed E-state index contributed by atoms with van der Waals surface area (Å²) >= 11 is 0. The third-order valence-corrected chi connectivity index (χ3v) is 1.84. The lowest BCUT2D eigenvalue weighted by atomic mass is 10.1. The Hall–Kier alpha value is -1.27. The lowest BCUT2D eigenvalue weighted by molar-refractivity contribution is -0.138. The number of alkyl halides is 3. The summed E-state index contributed by atoms with van der Waals surface area (Å²) in [6, 6.07) is 3.68. The van der Waals surface area contributed by atoms with Crippen molar-refractivity contribution in [3.63, 3.8) is 0 Å². The summed E-state index contributed by atoms with van der Waals surface area (Å²) < 4.78 is 42.2. The average molecular weight is 221 g/mol. The van der Waals surface area contributed by atoms with Crippen molar-refractivity contribution in [3.05, 3.63) is 29.3 Å². The van der Waals surface area contributed by atoms with E-state index in [1.54, 1.807) is 0 Å². The standard InChI is InChI=1S/C9H10F3NO2/c1-14-8-6(5-15-13)3-2-4-7(8)9(10,11)12/h2-4H,5,13H2,1H3. The minimum absolute atomic E-state index is 0.132. The molecule has 1 aromatic carbocycles. The van der Waals surface area contributed by atoms with Crippen LogP contribution in [0.3, 0.4) is 0 Å². The van der Waals surface area contributed by atoms with E-state index in [0.717, 1.165) is 6.07 Å². The van der Waals surface area contributed by atoms with Gasteiger partial charge in [-0.15, -0.1) is 0 Å². The van der Waals surface area contributed by atoms with Gasteiger partial charge in [0.05, 0.1) is 19.3 Å². The second-order valence-corrected chi connectivity index (χ2v) is 2.81. The van der Waals surface area contributed by atoms with Crippen LogP contribution in [0.4, 0.5) is 13.2 Å². The van der Waals surface area contributed by atoms with Crippen molar-refractivity contribution in [1.29, 1.82) is 0 Å². The molecule has 3 nitrogen and oxygen atoms in total. The Kier molecular flexibility index (Phi) is 3.54. The second kappa shape index (κ2) is 4.50. The number of benzene rings is 1. The fourth-order valence-electron chi connectivity index (χ4n) is 1.25. The molecule has 0 aliphatic carbocycles. The van der Waals surface area contributed by atoms with Gasteiger partial charge in [0, 0.05) is 5.56 Å². The van der Waals surface area contributed by atoms with Crippen molar-refractivity contribution >= 4 is 0 Å². The Bertz CT molecular complexity index is 339. The lowest BCUT2D eigenvalue weighted by Crippen LogP contribution is -2.10. The molecule has 0 amide bonds. The quantitative estimate of drug-likeness (QED) is 0.795. The van der Waals surface area contributed by atoms with Crippen LogP contribution in [0.25, 0.3) is 0 Å². The third kappa shape index (κ3) is 2.60. The molecule has 0 saturated heterocycles. The first kappa shape index (κ1) is 11.8. The molecule has 0 fully saturated rings. The summed E-state index contributed by atoms with van der Waals surface area (Å²) in [6.45, 7) is -0.132. The first-order valence-electron chi connectivity index (χ1n) is 4.05. The summed E-state index contributed by atoms with van der Waals surface area (Å²) in [7, 11) is 1.17. The van der Waals surface area contributed by atoms with Gasteiger partial charge in [0.15, 0.2) is 0 Å². The number of ether oxygens (including phenoxy) is 1. The first-order chi connectivity index (χ1) is 7.00. The SMILES string of the molecule is COc1c(CON)cccc1C(F)(F)F. The molecule has 1 aromatic rings. The van der Waals surface area contributed by atoms with Crippen molar-refractivity contribution in [2.75, 3.05) is 7.11 Å². The number of rotatable bonds is 3. The third-order valence-electron chi connectivity index (χ3n) is 1.84. The predicted molar refractivity (Wildman–Crippen MR) is 47.0 cm³/mol. The van der Waals surface area contributed by atoms with E-state index in [2.05, 4.69) is 4.84 Å². The maximum absolute atomic E-state index is 12.5. The molecule has 0 atom stereocenters. The highest BCUT2D eigenvalue weighted by Crippen LogP contribution is 2.38. The van der Waals surface area contributed by atoms with Crippen molar-refractivity contribution in [2.24, 2.45) is 5.90 Å². The highest BCUT2D eigenvalue weighted by atomic mass is 19.4. The summed E-state index contributed by atoms with van der Waals surface area (Å²) in [4.78, 5) is 4.29. The molecule has 0 saturated carbocycles. The molecule has 0 radical (unpaired) electrons. The van der Waals surface area contributed by atoms with Crippen LogP contribution < -0.4 is 10.6 Å². The van der Waals surface area contributed by atoms with Crippen LogP contribution >= 0.6 is 0 Å². The van der Waals surface area contributed by atoms with E-state index in [-0.39, 0.29) is 17.9 Å². The van der Waals surface area contributed by atoms with Gasteiger partial charge in [-0.05, 0) is 6.07 Å². The van der Waals surface area contributed by atoms with E-state index in [4.69, 9.17) is 10.6 Å². The molecule has 1 rings (SSSR count). The Morgan fingerprint density at radius 2 is 2.00 bits per heavy atom. The zero-order valence-electron chi connectivity index (χ0n) is 7.97. The Morgan fingerprint density at radius 3 is 2.47 bits per heavy atom. The first-order valence-corrected chi connectivity index (χ1v) is 4.05. The van der Waals surface area contributed by atoms with Gasteiger partial charge in [-0.3, -0.25) is 4.84 Å². The van der Waals surface area contributed by atoms with Crippen molar-refractivity contribution in [2.45, 2.75) is 12.8 Å². The number of hydrogen-bond acceptors (Lipinski definition) is 3. The zero-order chi connectivity index (χ0) is 11.5. The van der Waals surface area contributed by atoms with E-state index < -0.39 is 11.7 Å². The summed E-state index contributed by atoms with van der Waals surface area (Å²) in [5, 5.41) is 0. The highest BCUT2D eigenvalue weighted by Gasteiger charge is 2.35. The number of halogens is 3. The number of hydrogen-bond donors (Lipinski definition) is 1. The second-order valence-electron chi connectivity index (χ2n) is 2.81. The van der Waals surface area contributed by atoms with Crippen LogP contribution in [0.15, 0.2) is 18.2 Å². The average Bonchev–Trinajstić information content (AvgIpc) is 2.16. The van der Waals surface area contributed by atoms with E-state index in [0.29, 0.717) is 0 Å². The minimum atomic E-state index is -4.45. The number of para-hydroxylation sites is 1. The molecule has 0 aliphatic rings. The molecule has 84 valence electrons. The van der Waals surface area contributed by atoms with Crippen LogP contribution in [0.5, 0.6) is 5.75 Å². The maximum atomic E-state index is 12.5. The lowest BCUT2D eigenvalue weighted by Gasteiger charge is -2.14. The molecule has 6 heteroatoms. The van der Waals surface area contributed by atoms with Gasteiger partial charge in [-0.2, -0.15) is 13.2 Å². The molecule has 0 aromatic heterocycles. The number of nitrogens with two attached hydrogens (primary N) is 1. The van der Waals surface area contributed by atoms with Gasteiger partial charge >= 0.3 is 6.18 Å². The summed E-state index contributed by atoms with van der Waals surface area (Å²) in [5.74, 6) is 4.55. The van der Waals surface area contributed by atoms with Crippen LogP contribution in [-0.4, -0.2) is 7.11 Å². The molecule has 0 heterocycles. The molecule has 0 unspecified atom stereocenters. The highest BCUT2D eigenvalue weighted by molar-refractivity contribution is 5.42. The Morgan fingerprint density at radius 1 is 1.33 bits per heavy atom. The summed E-state index contributed by atoms with van der Waals surface area (Å²) in [5.41, 5.74) is -0.575. The Labute approximate surface area is 84.5 Å². The predicted octanol–water partition coefficient (Wildman–Crippen LogP) is 2.10. The van der Waals surface area contributed by atoms with E-state index in [1.165, 1.54) is 19.2 Å². The molecule has 0 bridgehead atoms. The summed E-state index contributed by atoms with van der Waals surface area (Å²) in [6.07, 6.45) is -4.45. The van der Waals surface area contributed by atoms with E-state index in [1.807, 2.05) is 0 Å². The maximum Gasteiger partial charge on any atom is 0.419 e. The topological polar surface area (TPSA) is 44.5 Å². The van der Waals surface area contributed by atoms with Crippen LogP contribution in [0.2, 0.25) is 0 Å². The normalized spacial score (nSPS) is 11.5. The van der Waals surface area contributed by atoms with Crippen molar-refractivity contribution in [3.8, 4) is 5.75 Å². The molecular weight excluding hydrogens is 211 g/mol. The molecule has 0 spiro atoms. The fraction of sp³-hybridized carbons (Fsp3) is 0.333. The van der Waals surface area contributed by atoms with Gasteiger partial charge in [0.2, 0.25) is 0 Å². The van der Waals surface area contributed by atoms with Crippen molar-refractivity contribution in [1.82, 2.24) is 0 Å². The zero-order valence-corrected chi connectivity index (χ0v) is 7.97. The molecule has 15 heavy (non-hydrogen) atoms. The molecule has 0 aliphatic heterocycles. The largest absolute Gasteiger partial charge is 0.496 e. The van der Waals surface area contributed by atoms with Crippen molar-refractivity contribution < 1.29 is 22.7 Å². The van der Waals surface area contributed by atoms with Gasteiger partial charge in [-0.1, -0.05) is 12.1 Å². The van der Waals surface area contributed by atoms with E-state index in [9.17, 15) is 13.2 Å². The van der Waals surface area contributed by atoms with Crippen LogP contribution in [0.1, 0.15) is 11.1 Å². The van der Waals surface area contributed by atoms with Gasteiger partial charge in [0.1, 0.15) is 5.75 Å². The fourth-order valence-corrected chi connectivity index (χ4v) is 1.25. The molecule has 2 N–H and O–H groups in total. The van der Waals surface area contributed by atoms with Crippen LogP contribution in [0, 0.1) is 0 Å². The Balaban J connectivity index is 3.22. The van der Waals surface area contributed by atoms with Gasteiger partial charge in [-0.25, -0.2) is 5.90 Å². The van der Waals surface area contributed by atoms with Gasteiger partial charge < -0.3 is 4.74 Å². The minimum Gasteiger partial charge on any atom is -0.496 e.